The van der Waals surface area contributed by atoms with Gasteiger partial charge in [0.2, 0.25) is 11.8 Å². The minimum Gasteiger partial charge on any atom is -0.494 e. The Bertz CT molecular complexity index is 1170. The van der Waals surface area contributed by atoms with Crippen LogP contribution in [0.4, 0.5) is 11.4 Å². The number of amides is 1. The second-order valence-electron chi connectivity index (χ2n) is 5.79. The Morgan fingerprint density at radius 3 is 2.46 bits per heavy atom. The van der Waals surface area contributed by atoms with Crippen LogP contribution < -0.4 is 10.9 Å². The second kappa shape index (κ2) is 8.20. The Labute approximate surface area is 170 Å². The molecule has 3 N–H and O–H groups in total. The van der Waals surface area contributed by atoms with E-state index in [0.717, 1.165) is 0 Å². The van der Waals surface area contributed by atoms with Crippen molar-refractivity contribution in [1.82, 2.24) is 9.55 Å². The van der Waals surface area contributed by atoms with Crippen LogP contribution in [0.5, 0.6) is 5.88 Å². The maximum absolute atomic E-state index is 12.2. The number of rotatable bonds is 4. The van der Waals surface area contributed by atoms with Gasteiger partial charge in [0.05, 0.1) is 11.4 Å². The molecular weight excluding hydrogens is 400 g/mol. The maximum atomic E-state index is 12.2. The van der Waals surface area contributed by atoms with Gasteiger partial charge in [0.25, 0.3) is 5.56 Å². The molecule has 28 heavy (non-hydrogen) atoms. The maximum Gasteiger partial charge on any atom is 0.264 e. The standard InChI is InChI=1S/C19H15ClN4O3S/c1-11(25)22-14-6-4-13(5-7-14)21-10-16-17(26)23-19(28)24(18(16)27)15-8-2-12(20)3-9-15/h2-10,27H,1H3,(H,22,25)(H,23,26,28). The Hall–Kier alpha value is -3.23. The minimum absolute atomic E-state index is 0.0432. The quantitative estimate of drug-likeness (QED) is 0.444. The van der Waals surface area contributed by atoms with E-state index < -0.39 is 5.56 Å². The van der Waals surface area contributed by atoms with Crippen molar-refractivity contribution in [3.8, 4) is 11.6 Å². The molecule has 1 heterocycles. The minimum atomic E-state index is -0.564. The lowest BCUT2D eigenvalue weighted by atomic mass is 10.2. The van der Waals surface area contributed by atoms with E-state index in [1.165, 1.54) is 17.7 Å². The molecule has 0 saturated heterocycles. The molecule has 0 spiro atoms. The summed E-state index contributed by atoms with van der Waals surface area (Å²) in [5.74, 6) is -0.516. The van der Waals surface area contributed by atoms with Gasteiger partial charge in [-0.3, -0.25) is 24.1 Å². The number of carbonyl (C=O) groups excluding carboxylic acids is 1. The number of aromatic nitrogens is 2. The van der Waals surface area contributed by atoms with E-state index in [0.29, 0.717) is 22.1 Å². The number of hydrogen-bond donors (Lipinski definition) is 3. The summed E-state index contributed by atoms with van der Waals surface area (Å²) >= 11 is 11.1. The van der Waals surface area contributed by atoms with Gasteiger partial charge in [-0.05, 0) is 60.7 Å². The van der Waals surface area contributed by atoms with E-state index in [1.54, 1.807) is 48.5 Å². The predicted molar refractivity (Wildman–Crippen MR) is 112 cm³/mol. The smallest absolute Gasteiger partial charge is 0.264 e. The average molecular weight is 415 g/mol. The van der Waals surface area contributed by atoms with E-state index in [-0.39, 0.29) is 22.1 Å². The molecule has 1 amide bonds. The highest BCUT2D eigenvalue weighted by Gasteiger charge is 2.12. The monoisotopic (exact) mass is 414 g/mol. The Morgan fingerprint density at radius 1 is 1.21 bits per heavy atom. The van der Waals surface area contributed by atoms with Crippen LogP contribution in [0.3, 0.4) is 0 Å². The summed E-state index contributed by atoms with van der Waals surface area (Å²) in [7, 11) is 0. The lowest BCUT2D eigenvalue weighted by Crippen LogP contribution is -2.18. The Balaban J connectivity index is 1.98. The van der Waals surface area contributed by atoms with Crippen LogP contribution in [0.25, 0.3) is 5.69 Å². The second-order valence-corrected chi connectivity index (χ2v) is 6.62. The van der Waals surface area contributed by atoms with Crippen LogP contribution in [0, 0.1) is 4.77 Å². The zero-order valence-electron chi connectivity index (χ0n) is 14.6. The first-order valence-electron chi connectivity index (χ1n) is 8.11. The van der Waals surface area contributed by atoms with Gasteiger partial charge in [0, 0.05) is 23.8 Å². The van der Waals surface area contributed by atoms with Crippen molar-refractivity contribution in [1.29, 1.82) is 0 Å². The number of aromatic hydroxyl groups is 1. The van der Waals surface area contributed by atoms with E-state index in [2.05, 4.69) is 15.3 Å². The van der Waals surface area contributed by atoms with E-state index in [4.69, 9.17) is 23.8 Å². The fraction of sp³-hybridized carbons (Fsp3) is 0.0526. The fourth-order valence-corrected chi connectivity index (χ4v) is 2.87. The summed E-state index contributed by atoms with van der Waals surface area (Å²) in [6.07, 6.45) is 1.25. The first-order chi connectivity index (χ1) is 13.3. The molecule has 7 nitrogen and oxygen atoms in total. The normalized spacial score (nSPS) is 10.9. The summed E-state index contributed by atoms with van der Waals surface area (Å²) in [6, 6.07) is 13.3. The largest absolute Gasteiger partial charge is 0.494 e. The molecule has 0 bridgehead atoms. The fourth-order valence-electron chi connectivity index (χ4n) is 2.46. The Kier molecular flexibility index (Phi) is 5.72. The Morgan fingerprint density at radius 2 is 1.86 bits per heavy atom. The van der Waals surface area contributed by atoms with Crippen molar-refractivity contribution in [2.75, 3.05) is 5.32 Å². The van der Waals surface area contributed by atoms with Crippen LogP contribution >= 0.6 is 23.8 Å². The summed E-state index contributed by atoms with van der Waals surface area (Å²) < 4.78 is 1.36. The number of benzene rings is 2. The third-order valence-corrected chi connectivity index (χ3v) is 4.27. The van der Waals surface area contributed by atoms with E-state index in [1.807, 2.05) is 0 Å². The number of H-pyrrole nitrogens is 1. The van der Waals surface area contributed by atoms with Gasteiger partial charge in [-0.1, -0.05) is 11.6 Å². The van der Waals surface area contributed by atoms with Gasteiger partial charge in [-0.2, -0.15) is 0 Å². The number of halogens is 1. The number of nitrogens with zero attached hydrogens (tertiary/aromatic N) is 2. The molecule has 0 radical (unpaired) electrons. The van der Waals surface area contributed by atoms with Crippen LogP contribution in [0.1, 0.15) is 12.5 Å². The van der Waals surface area contributed by atoms with E-state index in [9.17, 15) is 14.7 Å². The van der Waals surface area contributed by atoms with Crippen molar-refractivity contribution in [3.05, 3.63) is 74.2 Å². The molecule has 9 heteroatoms. The van der Waals surface area contributed by atoms with Crippen molar-refractivity contribution in [2.24, 2.45) is 4.99 Å². The number of aliphatic imine (C=N–C) groups is 1. The average Bonchev–Trinajstić information content (AvgIpc) is 2.63. The van der Waals surface area contributed by atoms with Gasteiger partial charge in [-0.25, -0.2) is 0 Å². The first kappa shape index (κ1) is 19.5. The van der Waals surface area contributed by atoms with Crippen LogP contribution in [-0.2, 0) is 4.79 Å². The lowest BCUT2D eigenvalue weighted by Gasteiger charge is -2.11. The summed E-state index contributed by atoms with van der Waals surface area (Å²) in [6.45, 7) is 1.42. The number of hydrogen-bond acceptors (Lipinski definition) is 5. The van der Waals surface area contributed by atoms with Crippen molar-refractivity contribution < 1.29 is 9.90 Å². The number of anilines is 1. The van der Waals surface area contributed by atoms with E-state index >= 15 is 0 Å². The van der Waals surface area contributed by atoms with Gasteiger partial charge < -0.3 is 10.4 Å². The van der Waals surface area contributed by atoms with Crippen molar-refractivity contribution >= 4 is 47.3 Å². The van der Waals surface area contributed by atoms with Gasteiger partial charge in [0.15, 0.2) is 4.77 Å². The van der Waals surface area contributed by atoms with Gasteiger partial charge in [-0.15, -0.1) is 0 Å². The highest BCUT2D eigenvalue weighted by molar-refractivity contribution is 7.71. The molecule has 0 fully saturated rings. The molecule has 0 aliphatic heterocycles. The lowest BCUT2D eigenvalue weighted by molar-refractivity contribution is -0.114. The van der Waals surface area contributed by atoms with Gasteiger partial charge >= 0.3 is 0 Å². The number of carbonyl (C=O) groups is 1. The zero-order chi connectivity index (χ0) is 20.3. The van der Waals surface area contributed by atoms with Crippen molar-refractivity contribution in [3.63, 3.8) is 0 Å². The molecule has 0 atom stereocenters. The molecule has 3 rings (SSSR count). The topological polar surface area (TPSA) is 99.5 Å². The molecule has 0 aliphatic rings. The number of nitrogens with one attached hydrogen (secondary N) is 2. The highest BCUT2D eigenvalue weighted by atomic mass is 35.5. The molecule has 2 aromatic carbocycles. The van der Waals surface area contributed by atoms with Gasteiger partial charge in [0.1, 0.15) is 5.56 Å². The summed E-state index contributed by atoms with van der Waals surface area (Å²) in [5.41, 5.74) is 1.09. The third kappa shape index (κ3) is 4.36. The third-order valence-electron chi connectivity index (χ3n) is 3.74. The molecule has 0 saturated carbocycles. The molecule has 0 aliphatic carbocycles. The molecular formula is C19H15ClN4O3S. The van der Waals surface area contributed by atoms with Crippen LogP contribution in [-0.4, -0.2) is 26.8 Å². The molecule has 1 aromatic heterocycles. The first-order valence-corrected chi connectivity index (χ1v) is 8.90. The summed E-state index contributed by atoms with van der Waals surface area (Å²) in [4.78, 5) is 30.0. The van der Waals surface area contributed by atoms with Crippen LogP contribution in [0.2, 0.25) is 5.02 Å². The number of aromatic amines is 1. The predicted octanol–water partition coefficient (Wildman–Crippen LogP) is 3.96. The molecule has 0 unspecified atom stereocenters. The molecule has 3 aromatic rings. The zero-order valence-corrected chi connectivity index (χ0v) is 16.2. The molecule has 142 valence electrons. The van der Waals surface area contributed by atoms with Crippen molar-refractivity contribution in [2.45, 2.75) is 6.92 Å². The summed E-state index contributed by atoms with van der Waals surface area (Å²) in [5, 5.41) is 13.8. The van der Waals surface area contributed by atoms with Crippen LogP contribution in [0.15, 0.2) is 58.3 Å². The SMILES string of the molecule is CC(=O)Nc1ccc(N=Cc2c(O)n(-c3ccc(Cl)cc3)c(=S)[nH]c2=O)cc1. The highest BCUT2D eigenvalue weighted by Crippen LogP contribution is 2.21.